The van der Waals surface area contributed by atoms with Crippen molar-refractivity contribution in [2.75, 3.05) is 12.4 Å². The maximum absolute atomic E-state index is 11.7. The Morgan fingerprint density at radius 2 is 2.29 bits per heavy atom. The van der Waals surface area contributed by atoms with Gasteiger partial charge in [-0.3, -0.25) is 5.32 Å². The van der Waals surface area contributed by atoms with Crippen molar-refractivity contribution < 1.29 is 9.59 Å². The first-order chi connectivity index (χ1) is 8.11. The van der Waals surface area contributed by atoms with Crippen LogP contribution in [0.4, 0.5) is 9.93 Å². The topological polar surface area (TPSA) is 75.2 Å². The molecule has 1 atom stereocenters. The molecule has 1 aliphatic rings. The smallest absolute Gasteiger partial charge is 0.318 e. The molecule has 17 heavy (non-hydrogen) atoms. The van der Waals surface area contributed by atoms with Crippen LogP contribution in [0.3, 0.4) is 0 Å². The van der Waals surface area contributed by atoms with Gasteiger partial charge in [-0.2, -0.15) is 0 Å². The van der Waals surface area contributed by atoms with Crippen molar-refractivity contribution in [2.45, 2.75) is 31.7 Å². The molecule has 0 saturated heterocycles. The summed E-state index contributed by atoms with van der Waals surface area (Å²) in [5.74, 6) is 0.532. The van der Waals surface area contributed by atoms with Crippen molar-refractivity contribution in [3.63, 3.8) is 0 Å². The average Bonchev–Trinajstić information content (AvgIpc) is 3.08. The van der Waals surface area contributed by atoms with Crippen molar-refractivity contribution >= 4 is 28.8 Å². The molecule has 1 heterocycles. The van der Waals surface area contributed by atoms with Gasteiger partial charge in [0.1, 0.15) is 11.3 Å². The first-order valence-electron chi connectivity index (χ1n) is 5.44. The minimum Gasteiger partial charge on any atom is -0.318 e. The Morgan fingerprint density at radius 3 is 2.88 bits per heavy atom. The van der Waals surface area contributed by atoms with Crippen LogP contribution in [0.2, 0.25) is 0 Å². The number of aromatic nitrogens is 2. The van der Waals surface area contributed by atoms with E-state index >= 15 is 0 Å². The number of nitrogens with one attached hydrogen (secondary N) is 1. The third-order valence-electron chi connectivity index (χ3n) is 2.71. The summed E-state index contributed by atoms with van der Waals surface area (Å²) in [6.45, 7) is 1.66. The molecule has 2 rings (SSSR count). The molecule has 0 bridgehead atoms. The predicted molar refractivity (Wildman–Crippen MR) is 64.2 cm³/mol. The molecule has 1 aromatic rings. The van der Waals surface area contributed by atoms with Crippen molar-refractivity contribution in [1.29, 1.82) is 0 Å². The molecule has 0 aliphatic heterocycles. The number of nitrogens with zero attached hydrogens (tertiary/aromatic N) is 3. The number of amides is 2. The number of hydrogen-bond donors (Lipinski definition) is 1. The minimum atomic E-state index is -0.453. The molecule has 7 heteroatoms. The van der Waals surface area contributed by atoms with Crippen LogP contribution in [0.5, 0.6) is 0 Å². The van der Waals surface area contributed by atoms with Gasteiger partial charge in [0.15, 0.2) is 0 Å². The van der Waals surface area contributed by atoms with Crippen LogP contribution in [0.15, 0.2) is 0 Å². The van der Waals surface area contributed by atoms with Crippen molar-refractivity contribution in [3.8, 4) is 0 Å². The van der Waals surface area contributed by atoms with E-state index in [-0.39, 0.29) is 6.03 Å². The summed E-state index contributed by atoms with van der Waals surface area (Å²) >= 11 is 1.40. The lowest BCUT2D eigenvalue weighted by Gasteiger charge is -2.19. The van der Waals surface area contributed by atoms with E-state index in [0.717, 1.165) is 24.1 Å². The zero-order chi connectivity index (χ0) is 12.4. The van der Waals surface area contributed by atoms with Crippen LogP contribution in [0.25, 0.3) is 0 Å². The second kappa shape index (κ2) is 4.79. The highest BCUT2D eigenvalue weighted by atomic mass is 32.1. The molecule has 6 nitrogen and oxygen atoms in total. The zero-order valence-corrected chi connectivity index (χ0v) is 10.5. The van der Waals surface area contributed by atoms with Crippen LogP contribution >= 0.6 is 11.3 Å². The number of carbonyl (C=O) groups is 2. The molecule has 2 amide bonds. The number of urea groups is 1. The average molecular weight is 254 g/mol. The van der Waals surface area contributed by atoms with Gasteiger partial charge in [-0.15, -0.1) is 10.2 Å². The standard InChI is InChI=1S/C10H14N4O2S/c1-6(5-15)14(2)10(16)11-9-13-12-8(17-9)7-3-4-7/h5-7H,3-4H2,1-2H3,(H,11,13,16). The van der Waals surface area contributed by atoms with E-state index in [1.54, 1.807) is 14.0 Å². The normalized spacial score (nSPS) is 16.4. The molecule has 1 N–H and O–H groups in total. The highest BCUT2D eigenvalue weighted by Gasteiger charge is 2.28. The lowest BCUT2D eigenvalue weighted by Crippen LogP contribution is -2.39. The molecule has 1 fully saturated rings. The Morgan fingerprint density at radius 1 is 1.59 bits per heavy atom. The number of hydrogen-bond acceptors (Lipinski definition) is 5. The van der Waals surface area contributed by atoms with Gasteiger partial charge in [0.2, 0.25) is 5.13 Å². The molecule has 1 saturated carbocycles. The fourth-order valence-electron chi connectivity index (χ4n) is 1.24. The number of likely N-dealkylation sites (N-methyl/N-ethyl adjacent to an activating group) is 1. The Hall–Kier alpha value is -1.50. The fraction of sp³-hybridized carbons (Fsp3) is 0.600. The highest BCUT2D eigenvalue weighted by molar-refractivity contribution is 7.15. The number of aldehydes is 1. The van der Waals surface area contributed by atoms with E-state index in [9.17, 15) is 9.59 Å². The lowest BCUT2D eigenvalue weighted by atomic mass is 10.3. The van der Waals surface area contributed by atoms with Gasteiger partial charge < -0.3 is 9.69 Å². The molecule has 1 aromatic heterocycles. The van der Waals surface area contributed by atoms with Gasteiger partial charge in [0, 0.05) is 13.0 Å². The van der Waals surface area contributed by atoms with E-state index < -0.39 is 6.04 Å². The summed E-state index contributed by atoms with van der Waals surface area (Å²) in [6, 6.07) is -0.797. The third-order valence-corrected chi connectivity index (χ3v) is 3.71. The van der Waals surface area contributed by atoms with Crippen LogP contribution < -0.4 is 5.32 Å². The molecule has 0 spiro atoms. The van der Waals surface area contributed by atoms with Gasteiger partial charge in [0.05, 0.1) is 6.04 Å². The Bertz CT molecular complexity index is 430. The molecule has 0 aromatic carbocycles. The Labute approximate surface area is 103 Å². The first kappa shape index (κ1) is 12.0. The van der Waals surface area contributed by atoms with Gasteiger partial charge in [-0.1, -0.05) is 11.3 Å². The van der Waals surface area contributed by atoms with Gasteiger partial charge in [-0.05, 0) is 19.8 Å². The van der Waals surface area contributed by atoms with Gasteiger partial charge >= 0.3 is 6.03 Å². The second-order valence-electron chi connectivity index (χ2n) is 4.14. The third kappa shape index (κ3) is 2.79. The number of anilines is 1. The number of rotatable bonds is 4. The van der Waals surface area contributed by atoms with Crippen LogP contribution in [-0.4, -0.2) is 40.5 Å². The van der Waals surface area contributed by atoms with E-state index in [1.165, 1.54) is 16.2 Å². The molecule has 92 valence electrons. The molecular formula is C10H14N4O2S. The van der Waals surface area contributed by atoms with E-state index in [1.807, 2.05) is 0 Å². The van der Waals surface area contributed by atoms with Crippen molar-refractivity contribution in [1.82, 2.24) is 15.1 Å². The van der Waals surface area contributed by atoms with Crippen molar-refractivity contribution in [3.05, 3.63) is 5.01 Å². The Balaban J connectivity index is 1.94. The summed E-state index contributed by atoms with van der Waals surface area (Å²) < 4.78 is 0. The number of carbonyl (C=O) groups excluding carboxylic acids is 2. The predicted octanol–water partition coefficient (Wildman–Crippen LogP) is 1.47. The van der Waals surface area contributed by atoms with E-state index in [0.29, 0.717) is 11.0 Å². The monoisotopic (exact) mass is 254 g/mol. The van der Waals surface area contributed by atoms with Crippen LogP contribution in [-0.2, 0) is 4.79 Å². The maximum atomic E-state index is 11.7. The highest BCUT2D eigenvalue weighted by Crippen LogP contribution is 2.42. The molecule has 0 radical (unpaired) electrons. The molecule has 1 aliphatic carbocycles. The van der Waals surface area contributed by atoms with Gasteiger partial charge in [0.25, 0.3) is 0 Å². The van der Waals surface area contributed by atoms with Crippen molar-refractivity contribution in [2.24, 2.45) is 0 Å². The summed E-state index contributed by atoms with van der Waals surface area (Å²) in [5.41, 5.74) is 0. The van der Waals surface area contributed by atoms with E-state index in [4.69, 9.17) is 0 Å². The maximum Gasteiger partial charge on any atom is 0.324 e. The lowest BCUT2D eigenvalue weighted by molar-refractivity contribution is -0.110. The largest absolute Gasteiger partial charge is 0.324 e. The molecular weight excluding hydrogens is 240 g/mol. The van der Waals surface area contributed by atoms with Gasteiger partial charge in [-0.25, -0.2) is 4.79 Å². The Kier molecular flexibility index (Phi) is 3.37. The first-order valence-corrected chi connectivity index (χ1v) is 6.26. The van der Waals surface area contributed by atoms with Crippen LogP contribution in [0, 0.1) is 0 Å². The zero-order valence-electron chi connectivity index (χ0n) is 9.71. The quantitative estimate of drug-likeness (QED) is 0.825. The summed E-state index contributed by atoms with van der Waals surface area (Å²) in [5, 5.41) is 12.0. The van der Waals surface area contributed by atoms with Crippen LogP contribution in [0.1, 0.15) is 30.7 Å². The molecule has 1 unspecified atom stereocenters. The summed E-state index contributed by atoms with van der Waals surface area (Å²) in [7, 11) is 1.57. The summed E-state index contributed by atoms with van der Waals surface area (Å²) in [6.07, 6.45) is 3.03. The second-order valence-corrected chi connectivity index (χ2v) is 5.15. The van der Waals surface area contributed by atoms with E-state index in [2.05, 4.69) is 15.5 Å². The fourth-order valence-corrected chi connectivity index (χ4v) is 2.14. The summed E-state index contributed by atoms with van der Waals surface area (Å²) in [4.78, 5) is 23.6. The minimum absolute atomic E-state index is 0.344. The SMILES string of the molecule is CC(C=O)N(C)C(=O)Nc1nnc(C2CC2)s1.